The van der Waals surface area contributed by atoms with Crippen molar-refractivity contribution in [1.82, 2.24) is 9.55 Å². The fraction of sp³-hybridized carbons (Fsp3) is 0.500. The molecule has 0 bridgehead atoms. The number of aryl methyl sites for hydroxylation is 1. The van der Waals surface area contributed by atoms with Gasteiger partial charge in [0.05, 0.1) is 0 Å². The summed E-state index contributed by atoms with van der Waals surface area (Å²) in [6.45, 7) is 5.98. The first-order chi connectivity index (χ1) is 8.02. The van der Waals surface area contributed by atoms with E-state index in [9.17, 15) is 9.59 Å². The van der Waals surface area contributed by atoms with E-state index in [-0.39, 0.29) is 23.5 Å². The van der Waals surface area contributed by atoms with E-state index in [0.29, 0.717) is 12.1 Å². The molecule has 2 rings (SSSR count). The topological polar surface area (TPSA) is 75.1 Å². The minimum atomic E-state index is -0.412. The molecule has 0 radical (unpaired) electrons. The third-order valence-electron chi connectivity index (χ3n) is 3.56. The van der Waals surface area contributed by atoms with Crippen molar-refractivity contribution in [3.63, 3.8) is 0 Å². The monoisotopic (exact) mass is 236 g/mol. The lowest BCUT2D eigenvalue weighted by atomic mass is 10.0. The molecule has 1 fully saturated rings. The number of rotatable bonds is 4. The summed E-state index contributed by atoms with van der Waals surface area (Å²) in [7, 11) is 0. The zero-order valence-electron chi connectivity index (χ0n) is 9.77. The molecule has 0 aromatic carbocycles. The van der Waals surface area contributed by atoms with Crippen molar-refractivity contribution in [1.29, 1.82) is 0 Å². The highest BCUT2D eigenvalue weighted by molar-refractivity contribution is 5.13. The standard InChI is InChI=1S/C12H16N2O3/c1-3-12(4-9(12)6-15)7-14-5-8(2)10(16)13-11(14)17/h3,5,9,15H,1,4,6-7H2,2H3,(H,13,16,17)/t9-,12-/m0/s1. The van der Waals surface area contributed by atoms with Gasteiger partial charge in [0.1, 0.15) is 0 Å². The smallest absolute Gasteiger partial charge is 0.328 e. The molecule has 0 aliphatic heterocycles. The van der Waals surface area contributed by atoms with Gasteiger partial charge >= 0.3 is 5.69 Å². The number of hydrogen-bond acceptors (Lipinski definition) is 3. The van der Waals surface area contributed by atoms with Crippen LogP contribution in [0.1, 0.15) is 12.0 Å². The average Bonchev–Trinajstić information content (AvgIpc) is 3.00. The van der Waals surface area contributed by atoms with Gasteiger partial charge in [0, 0.05) is 30.3 Å². The van der Waals surface area contributed by atoms with Gasteiger partial charge < -0.3 is 5.11 Å². The molecule has 1 heterocycles. The van der Waals surface area contributed by atoms with Gasteiger partial charge in [-0.1, -0.05) is 6.08 Å². The number of H-pyrrole nitrogens is 1. The zero-order valence-corrected chi connectivity index (χ0v) is 9.77. The first-order valence-electron chi connectivity index (χ1n) is 5.57. The second-order valence-corrected chi connectivity index (χ2v) is 4.72. The molecule has 5 nitrogen and oxygen atoms in total. The first kappa shape index (κ1) is 11.9. The number of nitrogens with one attached hydrogen (secondary N) is 1. The molecule has 1 aliphatic carbocycles. The summed E-state index contributed by atoms with van der Waals surface area (Å²) in [4.78, 5) is 25.1. The largest absolute Gasteiger partial charge is 0.396 e. The number of aromatic nitrogens is 2. The van der Waals surface area contributed by atoms with Crippen molar-refractivity contribution in [3.8, 4) is 0 Å². The molecule has 2 atom stereocenters. The number of hydrogen-bond donors (Lipinski definition) is 2. The number of aliphatic hydroxyl groups excluding tert-OH is 1. The van der Waals surface area contributed by atoms with E-state index < -0.39 is 5.69 Å². The Hall–Kier alpha value is -1.62. The normalized spacial score (nSPS) is 26.8. The Morgan fingerprint density at radius 2 is 2.41 bits per heavy atom. The Morgan fingerprint density at radius 3 is 2.94 bits per heavy atom. The fourth-order valence-electron chi connectivity index (χ4n) is 2.21. The Bertz CT molecular complexity index is 558. The summed E-state index contributed by atoms with van der Waals surface area (Å²) in [5.41, 5.74) is -0.465. The highest BCUT2D eigenvalue weighted by Gasteiger charge is 2.51. The predicted molar refractivity (Wildman–Crippen MR) is 63.9 cm³/mol. The number of allylic oxidation sites excluding steroid dienone is 1. The SMILES string of the molecule is C=C[C@@]1(Cn2cc(C)c(=O)[nH]c2=O)C[C@H]1CO. The predicted octanol–water partition coefficient (Wildman–Crippen LogP) is 0.0296. The number of aromatic amines is 1. The van der Waals surface area contributed by atoms with Crippen LogP contribution in [0.15, 0.2) is 28.4 Å². The highest BCUT2D eigenvalue weighted by Crippen LogP contribution is 2.54. The summed E-state index contributed by atoms with van der Waals surface area (Å²) in [6, 6.07) is 0. The maximum Gasteiger partial charge on any atom is 0.328 e. The molecule has 1 aromatic rings. The van der Waals surface area contributed by atoms with Crippen molar-refractivity contribution in [2.75, 3.05) is 6.61 Å². The molecule has 1 aliphatic rings. The summed E-state index contributed by atoms with van der Waals surface area (Å²) in [5.74, 6) is 0.166. The quantitative estimate of drug-likeness (QED) is 0.724. The highest BCUT2D eigenvalue weighted by atomic mass is 16.3. The van der Waals surface area contributed by atoms with Gasteiger partial charge in [0.2, 0.25) is 0 Å². The third-order valence-corrected chi connectivity index (χ3v) is 3.56. The Morgan fingerprint density at radius 1 is 1.71 bits per heavy atom. The molecule has 0 amide bonds. The second-order valence-electron chi connectivity index (χ2n) is 4.72. The lowest BCUT2D eigenvalue weighted by Crippen LogP contribution is -2.33. The van der Waals surface area contributed by atoms with E-state index in [4.69, 9.17) is 5.11 Å². The van der Waals surface area contributed by atoms with Crippen LogP contribution < -0.4 is 11.2 Å². The third kappa shape index (κ3) is 1.98. The minimum absolute atomic E-state index is 0.100. The molecule has 2 N–H and O–H groups in total. The van der Waals surface area contributed by atoms with Crippen molar-refractivity contribution < 1.29 is 5.11 Å². The number of aliphatic hydroxyl groups is 1. The van der Waals surface area contributed by atoms with Gasteiger partial charge in [-0.3, -0.25) is 14.3 Å². The van der Waals surface area contributed by atoms with E-state index in [1.807, 2.05) is 0 Å². The van der Waals surface area contributed by atoms with Gasteiger partial charge in [-0.15, -0.1) is 6.58 Å². The van der Waals surface area contributed by atoms with Crippen molar-refractivity contribution in [2.45, 2.75) is 19.9 Å². The molecule has 92 valence electrons. The summed E-state index contributed by atoms with van der Waals surface area (Å²) >= 11 is 0. The van der Waals surface area contributed by atoms with Crippen molar-refractivity contribution in [3.05, 3.63) is 45.3 Å². The van der Waals surface area contributed by atoms with Gasteiger partial charge in [-0.25, -0.2) is 4.79 Å². The van der Waals surface area contributed by atoms with Crippen LogP contribution in [0, 0.1) is 18.3 Å². The van der Waals surface area contributed by atoms with Crippen LogP contribution in [0.4, 0.5) is 0 Å². The van der Waals surface area contributed by atoms with Crippen LogP contribution in [0.2, 0.25) is 0 Å². The van der Waals surface area contributed by atoms with E-state index in [0.717, 1.165) is 6.42 Å². The summed E-state index contributed by atoms with van der Waals surface area (Å²) < 4.78 is 1.48. The number of nitrogens with zero attached hydrogens (tertiary/aromatic N) is 1. The molecule has 0 unspecified atom stereocenters. The van der Waals surface area contributed by atoms with E-state index in [1.54, 1.807) is 19.2 Å². The lowest BCUT2D eigenvalue weighted by Gasteiger charge is -2.14. The van der Waals surface area contributed by atoms with Crippen LogP contribution in [0.5, 0.6) is 0 Å². The summed E-state index contributed by atoms with van der Waals surface area (Å²) in [5, 5.41) is 9.13. The average molecular weight is 236 g/mol. The summed E-state index contributed by atoms with van der Waals surface area (Å²) in [6.07, 6.45) is 4.18. The molecule has 17 heavy (non-hydrogen) atoms. The Kier molecular flexibility index (Phi) is 2.79. The molecule has 1 aromatic heterocycles. The van der Waals surface area contributed by atoms with Crippen molar-refractivity contribution >= 4 is 0 Å². The first-order valence-corrected chi connectivity index (χ1v) is 5.57. The molecule has 0 saturated heterocycles. The lowest BCUT2D eigenvalue weighted by molar-refractivity contribution is 0.253. The van der Waals surface area contributed by atoms with Crippen molar-refractivity contribution in [2.24, 2.45) is 11.3 Å². The van der Waals surface area contributed by atoms with E-state index >= 15 is 0 Å². The minimum Gasteiger partial charge on any atom is -0.396 e. The zero-order chi connectivity index (χ0) is 12.6. The van der Waals surface area contributed by atoms with E-state index in [1.165, 1.54) is 4.57 Å². The van der Waals surface area contributed by atoms with Gasteiger partial charge in [0.15, 0.2) is 0 Å². The van der Waals surface area contributed by atoms with Crippen LogP contribution in [0.25, 0.3) is 0 Å². The van der Waals surface area contributed by atoms with Crippen LogP contribution in [0.3, 0.4) is 0 Å². The molecular weight excluding hydrogens is 220 g/mol. The van der Waals surface area contributed by atoms with Gasteiger partial charge in [-0.2, -0.15) is 0 Å². The van der Waals surface area contributed by atoms with Crippen LogP contribution >= 0.6 is 0 Å². The van der Waals surface area contributed by atoms with Crippen LogP contribution in [-0.4, -0.2) is 21.3 Å². The molecular formula is C12H16N2O3. The maximum atomic E-state index is 11.6. The molecule has 1 saturated carbocycles. The molecule has 5 heteroatoms. The van der Waals surface area contributed by atoms with E-state index in [2.05, 4.69) is 11.6 Å². The van der Waals surface area contributed by atoms with Gasteiger partial charge in [-0.05, 0) is 19.3 Å². The fourth-order valence-corrected chi connectivity index (χ4v) is 2.21. The second kappa shape index (κ2) is 4.00. The Balaban J connectivity index is 2.31. The maximum absolute atomic E-state index is 11.6. The Labute approximate surface area is 98.4 Å². The van der Waals surface area contributed by atoms with Crippen LogP contribution in [-0.2, 0) is 6.54 Å². The van der Waals surface area contributed by atoms with Gasteiger partial charge in [0.25, 0.3) is 5.56 Å². The molecule has 0 spiro atoms.